The van der Waals surface area contributed by atoms with Crippen molar-refractivity contribution in [3.63, 3.8) is 0 Å². The van der Waals surface area contributed by atoms with E-state index in [0.29, 0.717) is 5.92 Å². The number of nitrogens with one attached hydrogen (secondary N) is 1. The molecule has 0 radical (unpaired) electrons. The second-order valence-electron chi connectivity index (χ2n) is 7.71. The first kappa shape index (κ1) is 16.6. The van der Waals surface area contributed by atoms with Crippen LogP contribution in [0, 0.1) is 11.8 Å². The van der Waals surface area contributed by atoms with Crippen LogP contribution in [0.3, 0.4) is 0 Å². The van der Waals surface area contributed by atoms with Gasteiger partial charge in [-0.3, -0.25) is 0 Å². The SMILES string of the molecule is CCCC1CC1NCC1CCN(C(=O)OC(C)(C)C)CC1. The van der Waals surface area contributed by atoms with E-state index >= 15 is 0 Å². The van der Waals surface area contributed by atoms with Crippen molar-refractivity contribution in [1.29, 1.82) is 0 Å². The lowest BCUT2D eigenvalue weighted by atomic mass is 9.97. The van der Waals surface area contributed by atoms with Gasteiger partial charge in [0.05, 0.1) is 0 Å². The molecular weight excluding hydrogens is 264 g/mol. The Morgan fingerprint density at radius 3 is 2.52 bits per heavy atom. The van der Waals surface area contributed by atoms with E-state index in [0.717, 1.165) is 44.4 Å². The van der Waals surface area contributed by atoms with Crippen molar-refractivity contribution in [1.82, 2.24) is 10.2 Å². The number of ether oxygens (including phenoxy) is 1. The second kappa shape index (κ2) is 6.99. The molecule has 1 saturated carbocycles. The summed E-state index contributed by atoms with van der Waals surface area (Å²) < 4.78 is 5.43. The molecule has 1 N–H and O–H groups in total. The second-order valence-corrected chi connectivity index (χ2v) is 7.71. The highest BCUT2D eigenvalue weighted by Crippen LogP contribution is 2.34. The normalized spacial score (nSPS) is 26.8. The van der Waals surface area contributed by atoms with Crippen molar-refractivity contribution in [2.45, 2.75) is 71.4 Å². The average Bonchev–Trinajstić information content (AvgIpc) is 3.14. The van der Waals surface area contributed by atoms with Crippen LogP contribution in [0.5, 0.6) is 0 Å². The molecule has 4 heteroatoms. The molecule has 0 aromatic rings. The third-order valence-electron chi connectivity index (χ3n) is 4.52. The van der Waals surface area contributed by atoms with E-state index in [9.17, 15) is 4.79 Å². The maximum atomic E-state index is 12.0. The first-order valence-electron chi connectivity index (χ1n) is 8.60. The summed E-state index contributed by atoms with van der Waals surface area (Å²) in [4.78, 5) is 13.9. The van der Waals surface area contributed by atoms with Gasteiger partial charge < -0.3 is 15.0 Å². The highest BCUT2D eigenvalue weighted by atomic mass is 16.6. The van der Waals surface area contributed by atoms with Gasteiger partial charge in [0, 0.05) is 19.1 Å². The summed E-state index contributed by atoms with van der Waals surface area (Å²) in [5.41, 5.74) is -0.393. The van der Waals surface area contributed by atoms with Crippen LogP contribution in [-0.2, 0) is 4.74 Å². The van der Waals surface area contributed by atoms with Gasteiger partial charge >= 0.3 is 6.09 Å². The number of hydrogen-bond acceptors (Lipinski definition) is 3. The quantitative estimate of drug-likeness (QED) is 0.845. The van der Waals surface area contributed by atoms with Crippen molar-refractivity contribution in [3.05, 3.63) is 0 Å². The zero-order valence-electron chi connectivity index (χ0n) is 14.2. The lowest BCUT2D eigenvalue weighted by molar-refractivity contribution is 0.0184. The number of piperidine rings is 1. The number of likely N-dealkylation sites (tertiary alicyclic amines) is 1. The van der Waals surface area contributed by atoms with Gasteiger partial charge in [-0.05, 0) is 64.8 Å². The standard InChI is InChI=1S/C17H32N2O2/c1-5-6-14-11-15(14)18-12-13-7-9-19(10-8-13)16(20)21-17(2,3)4/h13-15,18H,5-12H2,1-4H3. The monoisotopic (exact) mass is 296 g/mol. The maximum Gasteiger partial charge on any atom is 0.410 e. The summed E-state index contributed by atoms with van der Waals surface area (Å²) in [7, 11) is 0. The molecular formula is C17H32N2O2. The minimum atomic E-state index is -0.393. The smallest absolute Gasteiger partial charge is 0.410 e. The van der Waals surface area contributed by atoms with Gasteiger partial charge in [0.25, 0.3) is 0 Å². The zero-order valence-corrected chi connectivity index (χ0v) is 14.2. The van der Waals surface area contributed by atoms with Gasteiger partial charge in [0.2, 0.25) is 0 Å². The summed E-state index contributed by atoms with van der Waals surface area (Å²) >= 11 is 0. The fourth-order valence-corrected chi connectivity index (χ4v) is 3.15. The fourth-order valence-electron chi connectivity index (χ4n) is 3.15. The Kier molecular flexibility index (Phi) is 5.53. The van der Waals surface area contributed by atoms with Gasteiger partial charge in [0.15, 0.2) is 0 Å². The summed E-state index contributed by atoms with van der Waals surface area (Å²) in [5, 5.41) is 3.71. The highest BCUT2D eigenvalue weighted by Gasteiger charge is 2.36. The number of amides is 1. The van der Waals surface area contributed by atoms with E-state index in [1.165, 1.54) is 19.3 Å². The predicted octanol–water partition coefficient (Wildman–Crippen LogP) is 3.41. The molecule has 2 aliphatic rings. The Morgan fingerprint density at radius 2 is 1.95 bits per heavy atom. The van der Waals surface area contributed by atoms with E-state index in [4.69, 9.17) is 4.74 Å². The zero-order chi connectivity index (χ0) is 15.5. The number of carbonyl (C=O) groups is 1. The topological polar surface area (TPSA) is 41.6 Å². The molecule has 1 saturated heterocycles. The highest BCUT2D eigenvalue weighted by molar-refractivity contribution is 5.68. The van der Waals surface area contributed by atoms with E-state index in [1.54, 1.807) is 0 Å². The molecule has 1 aliphatic heterocycles. The molecule has 21 heavy (non-hydrogen) atoms. The first-order valence-corrected chi connectivity index (χ1v) is 8.60. The molecule has 122 valence electrons. The van der Waals surface area contributed by atoms with Crippen molar-refractivity contribution in [2.24, 2.45) is 11.8 Å². The molecule has 0 aromatic carbocycles. The van der Waals surface area contributed by atoms with Crippen molar-refractivity contribution in [2.75, 3.05) is 19.6 Å². The number of nitrogens with zero attached hydrogens (tertiary/aromatic N) is 1. The third kappa shape index (κ3) is 5.50. The molecule has 2 rings (SSSR count). The molecule has 1 heterocycles. The predicted molar refractivity (Wildman–Crippen MR) is 85.3 cm³/mol. The van der Waals surface area contributed by atoms with Crippen LogP contribution < -0.4 is 5.32 Å². The lowest BCUT2D eigenvalue weighted by Crippen LogP contribution is -2.43. The van der Waals surface area contributed by atoms with Gasteiger partial charge in [-0.1, -0.05) is 13.3 Å². The molecule has 0 bridgehead atoms. The van der Waals surface area contributed by atoms with Crippen LogP contribution >= 0.6 is 0 Å². The average molecular weight is 296 g/mol. The maximum absolute atomic E-state index is 12.0. The van der Waals surface area contributed by atoms with E-state index < -0.39 is 5.60 Å². The Balaban J connectivity index is 1.61. The van der Waals surface area contributed by atoms with Crippen molar-refractivity contribution >= 4 is 6.09 Å². The van der Waals surface area contributed by atoms with Crippen LogP contribution in [0.15, 0.2) is 0 Å². The Labute approximate surface area is 129 Å². The van der Waals surface area contributed by atoms with Crippen LogP contribution in [0.1, 0.15) is 59.8 Å². The number of rotatable bonds is 5. The molecule has 1 aliphatic carbocycles. The summed E-state index contributed by atoms with van der Waals surface area (Å²) in [6, 6.07) is 0.772. The Morgan fingerprint density at radius 1 is 1.29 bits per heavy atom. The van der Waals surface area contributed by atoms with Crippen molar-refractivity contribution < 1.29 is 9.53 Å². The minimum Gasteiger partial charge on any atom is -0.444 e. The van der Waals surface area contributed by atoms with Crippen LogP contribution in [0.4, 0.5) is 4.79 Å². The molecule has 2 fully saturated rings. The summed E-state index contributed by atoms with van der Waals surface area (Å²) in [6.45, 7) is 10.8. The van der Waals surface area contributed by atoms with Crippen LogP contribution in [0.2, 0.25) is 0 Å². The van der Waals surface area contributed by atoms with Crippen LogP contribution in [-0.4, -0.2) is 42.3 Å². The van der Waals surface area contributed by atoms with Gasteiger partial charge in [-0.15, -0.1) is 0 Å². The molecule has 1 amide bonds. The third-order valence-corrected chi connectivity index (χ3v) is 4.52. The molecule has 2 unspecified atom stereocenters. The van der Waals surface area contributed by atoms with Crippen molar-refractivity contribution in [3.8, 4) is 0 Å². The van der Waals surface area contributed by atoms with E-state index in [1.807, 2.05) is 25.7 Å². The fraction of sp³-hybridized carbons (Fsp3) is 0.941. The van der Waals surface area contributed by atoms with Crippen LogP contribution in [0.25, 0.3) is 0 Å². The van der Waals surface area contributed by atoms with E-state index in [-0.39, 0.29) is 6.09 Å². The van der Waals surface area contributed by atoms with E-state index in [2.05, 4.69) is 12.2 Å². The lowest BCUT2D eigenvalue weighted by Gasteiger charge is -2.33. The Bertz CT molecular complexity index is 343. The summed E-state index contributed by atoms with van der Waals surface area (Å²) in [5.74, 6) is 1.64. The molecule has 2 atom stereocenters. The Hall–Kier alpha value is -0.770. The van der Waals surface area contributed by atoms with Gasteiger partial charge in [0.1, 0.15) is 5.60 Å². The number of carbonyl (C=O) groups excluding carboxylic acids is 1. The molecule has 4 nitrogen and oxygen atoms in total. The molecule has 0 spiro atoms. The largest absolute Gasteiger partial charge is 0.444 e. The first-order chi connectivity index (χ1) is 9.89. The minimum absolute atomic E-state index is 0.154. The summed E-state index contributed by atoms with van der Waals surface area (Å²) in [6.07, 6.45) is 6.07. The van der Waals surface area contributed by atoms with Gasteiger partial charge in [-0.25, -0.2) is 4.79 Å². The van der Waals surface area contributed by atoms with Gasteiger partial charge in [-0.2, -0.15) is 0 Å². The molecule has 0 aromatic heterocycles. The number of hydrogen-bond donors (Lipinski definition) is 1.